The lowest BCUT2D eigenvalue weighted by molar-refractivity contribution is 0.0507. The van der Waals surface area contributed by atoms with Gasteiger partial charge < -0.3 is 14.8 Å². The van der Waals surface area contributed by atoms with Crippen LogP contribution in [0.3, 0.4) is 0 Å². The molecule has 0 heterocycles. The quantitative estimate of drug-likeness (QED) is 0.881. The lowest BCUT2D eigenvalue weighted by Crippen LogP contribution is -2.34. The van der Waals surface area contributed by atoms with Gasteiger partial charge in [0.15, 0.2) is 0 Å². The van der Waals surface area contributed by atoms with Gasteiger partial charge in [-0.15, -0.1) is 0 Å². The number of amides is 1. The van der Waals surface area contributed by atoms with E-state index in [-0.39, 0.29) is 6.04 Å². The lowest BCUT2D eigenvalue weighted by atomic mass is 10.1. The molecule has 1 N–H and O–H groups in total. The molecule has 0 bridgehead atoms. The number of nitrogens with one attached hydrogen (secondary N) is 1. The van der Waals surface area contributed by atoms with Crippen LogP contribution in [0.2, 0.25) is 0 Å². The molecule has 0 aliphatic carbocycles. The van der Waals surface area contributed by atoms with Crippen LogP contribution < -0.4 is 10.1 Å². The van der Waals surface area contributed by atoms with Crippen molar-refractivity contribution in [3.8, 4) is 5.75 Å². The molecule has 0 unspecified atom stereocenters. The van der Waals surface area contributed by atoms with Crippen molar-refractivity contribution in [2.24, 2.45) is 0 Å². The van der Waals surface area contributed by atoms with Crippen molar-refractivity contribution in [1.82, 2.24) is 5.32 Å². The van der Waals surface area contributed by atoms with E-state index in [4.69, 9.17) is 9.47 Å². The Kier molecular flexibility index (Phi) is 5.80. The van der Waals surface area contributed by atoms with Gasteiger partial charge in [-0.2, -0.15) is 0 Å². The van der Waals surface area contributed by atoms with Crippen LogP contribution in [0.4, 0.5) is 9.18 Å². The number of hydrogen-bond donors (Lipinski definition) is 1. The van der Waals surface area contributed by atoms with Gasteiger partial charge in [0.05, 0.1) is 6.04 Å². The van der Waals surface area contributed by atoms with Gasteiger partial charge in [0, 0.05) is 10.0 Å². The van der Waals surface area contributed by atoms with Crippen LogP contribution in [-0.2, 0) is 4.74 Å². The van der Waals surface area contributed by atoms with Crippen LogP contribution in [0.1, 0.15) is 39.3 Å². The summed E-state index contributed by atoms with van der Waals surface area (Å²) in [5.74, 6) is 0.380. The number of alkyl halides is 1. The first-order valence-corrected chi connectivity index (χ1v) is 7.00. The maximum absolute atomic E-state index is 12.4. The minimum atomic E-state index is -0.928. The van der Waals surface area contributed by atoms with E-state index < -0.39 is 18.6 Å². The van der Waals surface area contributed by atoms with Gasteiger partial charge in [-0.1, -0.05) is 22.0 Å². The Bertz CT molecular complexity index is 474. The molecule has 6 heteroatoms. The SMILES string of the molecule is C[C@H](NC(=O)OC(C)(C)C)c1ccc(Br)cc1OCF. The fourth-order valence-corrected chi connectivity index (χ4v) is 1.95. The van der Waals surface area contributed by atoms with Gasteiger partial charge in [-0.3, -0.25) is 0 Å². The summed E-state index contributed by atoms with van der Waals surface area (Å²) in [5.41, 5.74) is 0.110. The third-order valence-electron chi connectivity index (χ3n) is 2.39. The first-order chi connectivity index (χ1) is 9.23. The molecule has 112 valence electrons. The summed E-state index contributed by atoms with van der Waals surface area (Å²) in [6.45, 7) is 6.21. The Labute approximate surface area is 126 Å². The summed E-state index contributed by atoms with van der Waals surface area (Å²) in [4.78, 5) is 11.7. The first-order valence-electron chi connectivity index (χ1n) is 6.20. The molecule has 0 saturated carbocycles. The van der Waals surface area contributed by atoms with E-state index in [1.54, 1.807) is 45.9 Å². The Morgan fingerprint density at radius 3 is 2.65 bits per heavy atom. The number of ether oxygens (including phenoxy) is 2. The van der Waals surface area contributed by atoms with Crippen molar-refractivity contribution in [3.05, 3.63) is 28.2 Å². The molecule has 1 atom stereocenters. The van der Waals surface area contributed by atoms with Crippen LogP contribution in [0.5, 0.6) is 5.75 Å². The zero-order valence-electron chi connectivity index (χ0n) is 12.0. The van der Waals surface area contributed by atoms with Crippen LogP contribution >= 0.6 is 15.9 Å². The van der Waals surface area contributed by atoms with Crippen molar-refractivity contribution in [1.29, 1.82) is 0 Å². The van der Waals surface area contributed by atoms with Gasteiger partial charge in [0.1, 0.15) is 11.4 Å². The van der Waals surface area contributed by atoms with Crippen LogP contribution in [0.25, 0.3) is 0 Å². The van der Waals surface area contributed by atoms with Crippen molar-refractivity contribution in [2.75, 3.05) is 6.86 Å². The Hall–Kier alpha value is -1.30. The highest BCUT2D eigenvalue weighted by Crippen LogP contribution is 2.29. The second-order valence-electron chi connectivity index (χ2n) is 5.30. The number of hydrogen-bond acceptors (Lipinski definition) is 3. The van der Waals surface area contributed by atoms with E-state index in [1.807, 2.05) is 0 Å². The second-order valence-corrected chi connectivity index (χ2v) is 6.22. The Morgan fingerprint density at radius 1 is 1.45 bits per heavy atom. The van der Waals surface area contributed by atoms with Gasteiger partial charge in [0.25, 0.3) is 0 Å². The van der Waals surface area contributed by atoms with E-state index >= 15 is 0 Å². The third-order valence-corrected chi connectivity index (χ3v) is 2.88. The predicted molar refractivity (Wildman–Crippen MR) is 78.5 cm³/mol. The molecule has 0 spiro atoms. The molecular formula is C14H19BrFNO3. The minimum absolute atomic E-state index is 0.362. The zero-order chi connectivity index (χ0) is 15.3. The van der Waals surface area contributed by atoms with Crippen LogP contribution in [-0.4, -0.2) is 18.6 Å². The highest BCUT2D eigenvalue weighted by molar-refractivity contribution is 9.10. The molecule has 0 aliphatic heterocycles. The fraction of sp³-hybridized carbons (Fsp3) is 0.500. The molecule has 4 nitrogen and oxygen atoms in total. The van der Waals surface area contributed by atoms with Crippen LogP contribution in [0, 0.1) is 0 Å². The monoisotopic (exact) mass is 347 g/mol. The van der Waals surface area contributed by atoms with E-state index in [0.29, 0.717) is 11.3 Å². The topological polar surface area (TPSA) is 47.6 Å². The molecule has 1 rings (SSSR count). The summed E-state index contributed by atoms with van der Waals surface area (Å²) in [6.07, 6.45) is -0.529. The highest BCUT2D eigenvalue weighted by atomic mass is 79.9. The van der Waals surface area contributed by atoms with Crippen LogP contribution in [0.15, 0.2) is 22.7 Å². The smallest absolute Gasteiger partial charge is 0.408 e. The standard InChI is InChI=1S/C14H19BrFNO3/c1-9(17-13(18)20-14(2,3)4)11-6-5-10(15)7-12(11)19-8-16/h5-7,9H,8H2,1-4H3,(H,17,18)/t9-/m0/s1. The minimum Gasteiger partial charge on any atom is -0.463 e. The Morgan fingerprint density at radius 2 is 2.10 bits per heavy atom. The molecular weight excluding hydrogens is 329 g/mol. The largest absolute Gasteiger partial charge is 0.463 e. The second kappa shape index (κ2) is 6.92. The molecule has 20 heavy (non-hydrogen) atoms. The predicted octanol–water partition coefficient (Wildman–Crippen LogP) is 4.34. The summed E-state index contributed by atoms with van der Waals surface area (Å²) in [7, 11) is 0. The highest BCUT2D eigenvalue weighted by Gasteiger charge is 2.20. The van der Waals surface area contributed by atoms with E-state index in [9.17, 15) is 9.18 Å². The van der Waals surface area contributed by atoms with Crippen molar-refractivity contribution in [3.63, 3.8) is 0 Å². The number of alkyl carbamates (subject to hydrolysis) is 1. The van der Waals surface area contributed by atoms with Gasteiger partial charge in [-0.05, 0) is 39.8 Å². The van der Waals surface area contributed by atoms with Gasteiger partial charge in [-0.25, -0.2) is 9.18 Å². The van der Waals surface area contributed by atoms with E-state index in [0.717, 1.165) is 4.47 Å². The molecule has 0 aliphatic rings. The average Bonchev–Trinajstić information content (AvgIpc) is 2.26. The number of halogens is 2. The lowest BCUT2D eigenvalue weighted by Gasteiger charge is -2.23. The molecule has 0 radical (unpaired) electrons. The van der Waals surface area contributed by atoms with Gasteiger partial charge in [0.2, 0.25) is 6.86 Å². The molecule has 0 saturated heterocycles. The molecule has 1 aromatic rings. The third kappa shape index (κ3) is 5.36. The summed E-state index contributed by atoms with van der Waals surface area (Å²) >= 11 is 3.29. The van der Waals surface area contributed by atoms with Crippen molar-refractivity contribution < 1.29 is 18.7 Å². The normalized spacial score (nSPS) is 12.7. The number of carbonyl (C=O) groups is 1. The molecule has 1 amide bonds. The Balaban J connectivity index is 2.81. The van der Waals surface area contributed by atoms with Crippen molar-refractivity contribution in [2.45, 2.75) is 39.3 Å². The number of carbonyl (C=O) groups excluding carboxylic acids is 1. The fourth-order valence-electron chi connectivity index (χ4n) is 1.61. The molecule has 1 aromatic carbocycles. The van der Waals surface area contributed by atoms with E-state index in [2.05, 4.69) is 21.2 Å². The van der Waals surface area contributed by atoms with Gasteiger partial charge >= 0.3 is 6.09 Å². The van der Waals surface area contributed by atoms with E-state index in [1.165, 1.54) is 0 Å². The van der Waals surface area contributed by atoms with Crippen molar-refractivity contribution >= 4 is 22.0 Å². The summed E-state index contributed by atoms with van der Waals surface area (Å²) in [5, 5.41) is 2.69. The number of rotatable bonds is 4. The number of benzene rings is 1. The summed E-state index contributed by atoms with van der Waals surface area (Å²) in [6, 6.07) is 4.85. The first kappa shape index (κ1) is 16.8. The maximum Gasteiger partial charge on any atom is 0.408 e. The average molecular weight is 348 g/mol. The zero-order valence-corrected chi connectivity index (χ0v) is 13.6. The molecule has 0 aromatic heterocycles. The summed E-state index contributed by atoms with van der Waals surface area (Å²) < 4.78 is 23.3. The maximum atomic E-state index is 12.4. The molecule has 0 fully saturated rings.